The van der Waals surface area contributed by atoms with E-state index in [1.807, 2.05) is 6.07 Å². The minimum absolute atomic E-state index is 0.0211. The lowest BCUT2D eigenvalue weighted by Gasteiger charge is -2.24. The Morgan fingerprint density at radius 3 is 3.06 bits per heavy atom. The number of ether oxygens (including phenoxy) is 2. The summed E-state index contributed by atoms with van der Waals surface area (Å²) in [6, 6.07) is 1.82. The summed E-state index contributed by atoms with van der Waals surface area (Å²) in [5.41, 5.74) is 0.872. The Morgan fingerprint density at radius 1 is 1.50 bits per heavy atom. The molecule has 0 saturated heterocycles. The van der Waals surface area contributed by atoms with E-state index in [1.165, 1.54) is 6.33 Å². The minimum atomic E-state index is -0.0211. The highest BCUT2D eigenvalue weighted by Crippen LogP contribution is 2.25. The average molecular weight is 249 g/mol. The van der Waals surface area contributed by atoms with Gasteiger partial charge in [-0.2, -0.15) is 0 Å². The molecule has 1 N–H and O–H groups in total. The van der Waals surface area contributed by atoms with E-state index in [0.717, 1.165) is 37.4 Å². The van der Waals surface area contributed by atoms with Gasteiger partial charge in [-0.25, -0.2) is 9.97 Å². The summed E-state index contributed by atoms with van der Waals surface area (Å²) in [7, 11) is 1.60. The van der Waals surface area contributed by atoms with E-state index >= 15 is 0 Å². The van der Waals surface area contributed by atoms with Crippen molar-refractivity contribution in [2.45, 2.75) is 25.8 Å². The second kappa shape index (κ2) is 6.35. The number of hydrogen-bond acceptors (Lipinski definition) is 5. The molecule has 1 unspecified atom stereocenters. The Kier molecular flexibility index (Phi) is 4.52. The van der Waals surface area contributed by atoms with Crippen LogP contribution in [0.5, 0.6) is 5.88 Å². The first-order valence-corrected chi connectivity index (χ1v) is 6.27. The molecule has 1 aromatic heterocycles. The number of likely N-dealkylation sites (N-methyl/N-ethyl adjacent to an activating group) is 1. The molecule has 0 aliphatic carbocycles. The topological polar surface area (TPSA) is 56.3 Å². The summed E-state index contributed by atoms with van der Waals surface area (Å²) in [5.74, 6) is 1.52. The first-order valence-electron chi connectivity index (χ1n) is 6.27. The van der Waals surface area contributed by atoms with Crippen LogP contribution in [0.3, 0.4) is 0 Å². The van der Waals surface area contributed by atoms with Crippen molar-refractivity contribution in [2.24, 2.45) is 0 Å². The number of nitrogens with one attached hydrogen (secondary N) is 1. The van der Waals surface area contributed by atoms with Crippen LogP contribution in [0.4, 0.5) is 0 Å². The molecule has 1 aliphatic heterocycles. The van der Waals surface area contributed by atoms with Crippen molar-refractivity contribution >= 4 is 0 Å². The number of aromatic nitrogens is 2. The van der Waals surface area contributed by atoms with Crippen LogP contribution in [0, 0.1) is 0 Å². The summed E-state index contributed by atoms with van der Waals surface area (Å²) in [6.07, 6.45) is 5.78. The molecule has 5 nitrogen and oxygen atoms in total. The van der Waals surface area contributed by atoms with Crippen LogP contribution in [0.15, 0.2) is 24.2 Å². The van der Waals surface area contributed by atoms with Gasteiger partial charge in [0.2, 0.25) is 5.88 Å². The maximum atomic E-state index is 5.72. The molecule has 0 saturated carbocycles. The molecule has 1 atom stereocenters. The molecule has 0 amide bonds. The molecule has 2 rings (SSSR count). The third-order valence-electron chi connectivity index (χ3n) is 2.82. The van der Waals surface area contributed by atoms with Gasteiger partial charge in [-0.15, -0.1) is 0 Å². The molecule has 0 aromatic carbocycles. The van der Waals surface area contributed by atoms with Gasteiger partial charge >= 0.3 is 0 Å². The fraction of sp³-hybridized carbons (Fsp3) is 0.538. The van der Waals surface area contributed by atoms with Gasteiger partial charge in [0.05, 0.1) is 19.4 Å². The third-order valence-corrected chi connectivity index (χ3v) is 2.82. The highest BCUT2D eigenvalue weighted by atomic mass is 16.5. The number of methoxy groups -OCH3 is 1. The minimum Gasteiger partial charge on any atom is -0.496 e. The van der Waals surface area contributed by atoms with Gasteiger partial charge in [0, 0.05) is 6.07 Å². The van der Waals surface area contributed by atoms with Crippen molar-refractivity contribution in [3.05, 3.63) is 29.9 Å². The van der Waals surface area contributed by atoms with Gasteiger partial charge < -0.3 is 14.8 Å². The normalized spacial score (nSPS) is 16.7. The molecule has 1 aromatic rings. The summed E-state index contributed by atoms with van der Waals surface area (Å²) in [6.45, 7) is 3.68. The Morgan fingerprint density at radius 2 is 2.39 bits per heavy atom. The van der Waals surface area contributed by atoms with E-state index in [-0.39, 0.29) is 6.04 Å². The summed E-state index contributed by atoms with van der Waals surface area (Å²) in [5, 5.41) is 3.38. The summed E-state index contributed by atoms with van der Waals surface area (Å²) < 4.78 is 10.8. The molecule has 1 aliphatic rings. The van der Waals surface area contributed by atoms with Gasteiger partial charge in [0.25, 0.3) is 0 Å². The molecular formula is C13H19N3O2. The smallest absolute Gasteiger partial charge is 0.216 e. The fourth-order valence-corrected chi connectivity index (χ4v) is 1.96. The van der Waals surface area contributed by atoms with Crippen LogP contribution >= 0.6 is 0 Å². The molecule has 0 spiro atoms. The van der Waals surface area contributed by atoms with Crippen molar-refractivity contribution in [3.63, 3.8) is 0 Å². The molecule has 18 heavy (non-hydrogen) atoms. The van der Waals surface area contributed by atoms with Crippen LogP contribution in [-0.4, -0.2) is 30.2 Å². The maximum absolute atomic E-state index is 5.72. The van der Waals surface area contributed by atoms with E-state index in [0.29, 0.717) is 5.88 Å². The maximum Gasteiger partial charge on any atom is 0.216 e. The number of nitrogens with zero attached hydrogens (tertiary/aromatic N) is 2. The van der Waals surface area contributed by atoms with Crippen LogP contribution in [0.1, 0.15) is 31.5 Å². The molecule has 98 valence electrons. The first-order chi connectivity index (χ1) is 8.85. The monoisotopic (exact) mass is 249 g/mol. The van der Waals surface area contributed by atoms with Gasteiger partial charge in [0.1, 0.15) is 18.1 Å². The molecular weight excluding hydrogens is 230 g/mol. The zero-order valence-electron chi connectivity index (χ0n) is 10.8. The highest BCUT2D eigenvalue weighted by Gasteiger charge is 2.21. The zero-order valence-corrected chi connectivity index (χ0v) is 10.8. The van der Waals surface area contributed by atoms with Crippen LogP contribution in [-0.2, 0) is 4.74 Å². The number of rotatable bonds is 5. The number of hydrogen-bond donors (Lipinski definition) is 1. The molecule has 0 fully saturated rings. The summed E-state index contributed by atoms with van der Waals surface area (Å²) >= 11 is 0. The molecule has 0 radical (unpaired) electrons. The van der Waals surface area contributed by atoms with Crippen molar-refractivity contribution < 1.29 is 9.47 Å². The van der Waals surface area contributed by atoms with Gasteiger partial charge in [-0.3, -0.25) is 0 Å². The first kappa shape index (κ1) is 12.8. The standard InChI is InChI=1S/C13H19N3O2/c1-3-14-13(11-6-4-5-7-18-11)10-8-12(17-2)16-9-15-10/h6,8-9,13-14H,3-5,7H2,1-2H3. The third kappa shape index (κ3) is 2.98. The predicted molar refractivity (Wildman–Crippen MR) is 68.3 cm³/mol. The van der Waals surface area contributed by atoms with Crippen LogP contribution < -0.4 is 10.1 Å². The lowest BCUT2D eigenvalue weighted by Crippen LogP contribution is -2.26. The Labute approximate surface area is 107 Å². The second-order valence-electron chi connectivity index (χ2n) is 4.07. The van der Waals surface area contributed by atoms with E-state index < -0.39 is 0 Å². The van der Waals surface area contributed by atoms with E-state index in [9.17, 15) is 0 Å². The summed E-state index contributed by atoms with van der Waals surface area (Å²) in [4.78, 5) is 8.33. The lowest BCUT2D eigenvalue weighted by atomic mass is 10.1. The Bertz CT molecular complexity index is 420. The molecule has 2 heterocycles. The highest BCUT2D eigenvalue weighted by molar-refractivity contribution is 5.23. The second-order valence-corrected chi connectivity index (χ2v) is 4.07. The van der Waals surface area contributed by atoms with Crippen molar-refractivity contribution in [1.82, 2.24) is 15.3 Å². The van der Waals surface area contributed by atoms with Gasteiger partial charge in [-0.1, -0.05) is 6.92 Å². The molecule has 5 heteroatoms. The van der Waals surface area contributed by atoms with Crippen molar-refractivity contribution in [3.8, 4) is 5.88 Å². The predicted octanol–water partition coefficient (Wildman–Crippen LogP) is 1.83. The zero-order chi connectivity index (χ0) is 12.8. The Balaban J connectivity index is 2.25. The Hall–Kier alpha value is -1.62. The van der Waals surface area contributed by atoms with E-state index in [1.54, 1.807) is 7.11 Å². The lowest BCUT2D eigenvalue weighted by molar-refractivity contribution is 0.167. The van der Waals surface area contributed by atoms with Crippen molar-refractivity contribution in [1.29, 1.82) is 0 Å². The van der Waals surface area contributed by atoms with Crippen LogP contribution in [0.2, 0.25) is 0 Å². The van der Waals surface area contributed by atoms with E-state index in [4.69, 9.17) is 9.47 Å². The average Bonchev–Trinajstić information content (AvgIpc) is 2.46. The largest absolute Gasteiger partial charge is 0.496 e. The van der Waals surface area contributed by atoms with Gasteiger partial charge in [0.15, 0.2) is 0 Å². The number of allylic oxidation sites excluding steroid dienone is 1. The van der Waals surface area contributed by atoms with Crippen molar-refractivity contribution in [2.75, 3.05) is 20.3 Å². The van der Waals surface area contributed by atoms with E-state index in [2.05, 4.69) is 28.3 Å². The fourth-order valence-electron chi connectivity index (χ4n) is 1.96. The van der Waals surface area contributed by atoms with Crippen LogP contribution in [0.25, 0.3) is 0 Å². The van der Waals surface area contributed by atoms with Gasteiger partial charge in [-0.05, 0) is 25.5 Å². The molecule has 0 bridgehead atoms. The SMILES string of the molecule is CCNC(C1=CCCCO1)c1cc(OC)ncn1. The quantitative estimate of drug-likeness (QED) is 0.862.